The number of carbonyl (C=O) groups is 1. The summed E-state index contributed by atoms with van der Waals surface area (Å²) < 4.78 is 0. The zero-order chi connectivity index (χ0) is 11.5. The normalized spacial score (nSPS) is 29.7. The van der Waals surface area contributed by atoms with Crippen LogP contribution >= 0.6 is 0 Å². The largest absolute Gasteiger partial charge is 0.299 e. The van der Waals surface area contributed by atoms with Gasteiger partial charge in [-0.3, -0.25) is 4.79 Å². The lowest BCUT2D eigenvalue weighted by Crippen LogP contribution is -2.39. The number of azide groups is 1. The van der Waals surface area contributed by atoms with Crippen molar-refractivity contribution in [2.24, 2.45) is 16.4 Å². The van der Waals surface area contributed by atoms with Gasteiger partial charge in [-0.2, -0.15) is 0 Å². The molecule has 0 aliphatic heterocycles. The molecule has 0 spiro atoms. The van der Waals surface area contributed by atoms with Gasteiger partial charge in [-0.25, -0.2) is 0 Å². The molecule has 0 saturated heterocycles. The van der Waals surface area contributed by atoms with E-state index in [2.05, 4.69) is 30.8 Å². The minimum absolute atomic E-state index is 0.114. The minimum Gasteiger partial charge on any atom is -0.299 e. The van der Waals surface area contributed by atoms with Crippen molar-refractivity contribution in [2.75, 3.05) is 0 Å². The SMILES string of the molecule is CCCC1CC(=O)[C@@H](N=[N+]=[N-])CC1(C)C. The van der Waals surface area contributed by atoms with Crippen LogP contribution in [0.2, 0.25) is 0 Å². The zero-order valence-corrected chi connectivity index (χ0v) is 9.73. The van der Waals surface area contributed by atoms with E-state index < -0.39 is 6.04 Å². The van der Waals surface area contributed by atoms with E-state index in [1.165, 1.54) is 0 Å². The lowest BCUT2D eigenvalue weighted by Gasteiger charge is -2.40. The van der Waals surface area contributed by atoms with Crippen molar-refractivity contribution in [3.63, 3.8) is 0 Å². The molecular formula is C11H19N3O. The number of hydrogen-bond donors (Lipinski definition) is 0. The lowest BCUT2D eigenvalue weighted by atomic mass is 9.65. The van der Waals surface area contributed by atoms with Gasteiger partial charge >= 0.3 is 0 Å². The van der Waals surface area contributed by atoms with E-state index in [-0.39, 0.29) is 11.2 Å². The molecule has 84 valence electrons. The van der Waals surface area contributed by atoms with Crippen molar-refractivity contribution in [1.29, 1.82) is 0 Å². The van der Waals surface area contributed by atoms with Crippen LogP contribution in [-0.2, 0) is 4.79 Å². The summed E-state index contributed by atoms with van der Waals surface area (Å²) in [4.78, 5) is 14.4. The molecule has 1 saturated carbocycles. The minimum atomic E-state index is -0.432. The summed E-state index contributed by atoms with van der Waals surface area (Å²) in [6, 6.07) is -0.432. The van der Waals surface area contributed by atoms with Crippen LogP contribution in [0.3, 0.4) is 0 Å². The Balaban J connectivity index is 2.78. The van der Waals surface area contributed by atoms with Gasteiger partial charge < -0.3 is 0 Å². The fourth-order valence-corrected chi connectivity index (χ4v) is 2.44. The van der Waals surface area contributed by atoms with Crippen LogP contribution in [0.4, 0.5) is 0 Å². The molecule has 1 aliphatic carbocycles. The molecule has 0 aromatic heterocycles. The summed E-state index contributed by atoms with van der Waals surface area (Å²) in [5, 5.41) is 3.59. The second-order valence-corrected chi connectivity index (χ2v) is 5.07. The van der Waals surface area contributed by atoms with Gasteiger partial charge in [-0.05, 0) is 29.7 Å². The quantitative estimate of drug-likeness (QED) is 0.398. The van der Waals surface area contributed by atoms with E-state index in [1.807, 2.05) is 0 Å². The third kappa shape index (κ3) is 2.72. The molecule has 1 rings (SSSR count). The monoisotopic (exact) mass is 209 g/mol. The Morgan fingerprint density at radius 1 is 1.60 bits per heavy atom. The van der Waals surface area contributed by atoms with Crippen LogP contribution in [0.15, 0.2) is 5.11 Å². The van der Waals surface area contributed by atoms with Gasteiger partial charge in [0.25, 0.3) is 0 Å². The third-order valence-electron chi connectivity index (χ3n) is 3.47. The maximum Gasteiger partial charge on any atom is 0.142 e. The number of carbonyl (C=O) groups excluding carboxylic acids is 1. The first-order chi connectivity index (χ1) is 7.01. The third-order valence-corrected chi connectivity index (χ3v) is 3.47. The molecule has 1 unspecified atom stereocenters. The van der Waals surface area contributed by atoms with Gasteiger partial charge in [-0.1, -0.05) is 32.3 Å². The second-order valence-electron chi connectivity index (χ2n) is 5.07. The van der Waals surface area contributed by atoms with Crippen LogP contribution in [0.5, 0.6) is 0 Å². The van der Waals surface area contributed by atoms with E-state index in [4.69, 9.17) is 5.53 Å². The number of ketones is 1. The molecule has 0 amide bonds. The summed E-state index contributed by atoms with van der Waals surface area (Å²) in [5.74, 6) is 0.561. The number of hydrogen-bond acceptors (Lipinski definition) is 2. The Morgan fingerprint density at radius 3 is 2.80 bits per heavy atom. The van der Waals surface area contributed by atoms with E-state index in [0.29, 0.717) is 18.8 Å². The van der Waals surface area contributed by atoms with Crippen LogP contribution in [0, 0.1) is 11.3 Å². The number of nitrogens with zero attached hydrogens (tertiary/aromatic N) is 3. The van der Waals surface area contributed by atoms with E-state index in [9.17, 15) is 4.79 Å². The topological polar surface area (TPSA) is 65.8 Å². The summed E-state index contributed by atoms with van der Waals surface area (Å²) in [7, 11) is 0. The van der Waals surface area contributed by atoms with Crippen LogP contribution in [-0.4, -0.2) is 11.8 Å². The molecule has 0 bridgehead atoms. The van der Waals surface area contributed by atoms with Crippen molar-refractivity contribution in [1.82, 2.24) is 0 Å². The highest BCUT2D eigenvalue weighted by Crippen LogP contribution is 2.42. The first kappa shape index (κ1) is 12.1. The van der Waals surface area contributed by atoms with Crippen LogP contribution < -0.4 is 0 Å². The van der Waals surface area contributed by atoms with Gasteiger partial charge in [0.1, 0.15) is 5.78 Å². The molecule has 4 heteroatoms. The highest BCUT2D eigenvalue weighted by atomic mass is 16.1. The first-order valence-corrected chi connectivity index (χ1v) is 5.58. The predicted molar refractivity (Wildman–Crippen MR) is 59.4 cm³/mol. The summed E-state index contributed by atoms with van der Waals surface area (Å²) in [6.45, 7) is 6.47. The second kappa shape index (κ2) is 4.67. The first-order valence-electron chi connectivity index (χ1n) is 5.58. The molecule has 0 radical (unpaired) electrons. The van der Waals surface area contributed by atoms with Gasteiger partial charge in [0.2, 0.25) is 0 Å². The fraction of sp³-hybridized carbons (Fsp3) is 0.909. The zero-order valence-electron chi connectivity index (χ0n) is 9.73. The molecule has 0 heterocycles. The Labute approximate surface area is 90.7 Å². The molecule has 1 aliphatic rings. The molecule has 0 aromatic rings. The smallest absolute Gasteiger partial charge is 0.142 e. The molecule has 0 aromatic carbocycles. The lowest BCUT2D eigenvalue weighted by molar-refractivity contribution is -0.126. The maximum absolute atomic E-state index is 11.7. The average Bonchev–Trinajstić information content (AvgIpc) is 2.14. The van der Waals surface area contributed by atoms with Crippen molar-refractivity contribution in [3.8, 4) is 0 Å². The molecule has 1 fully saturated rings. The Hall–Kier alpha value is -1.02. The van der Waals surface area contributed by atoms with Crippen molar-refractivity contribution >= 4 is 5.78 Å². The summed E-state index contributed by atoms with van der Waals surface area (Å²) in [6.07, 6.45) is 3.46. The number of rotatable bonds is 3. The van der Waals surface area contributed by atoms with Crippen molar-refractivity contribution in [2.45, 2.75) is 52.5 Å². The molecule has 0 N–H and O–H groups in total. The van der Waals surface area contributed by atoms with E-state index in [1.54, 1.807) is 0 Å². The summed E-state index contributed by atoms with van der Waals surface area (Å²) in [5.41, 5.74) is 8.50. The highest BCUT2D eigenvalue weighted by Gasteiger charge is 2.40. The van der Waals surface area contributed by atoms with Gasteiger partial charge in [0, 0.05) is 11.3 Å². The Kier molecular flexibility index (Phi) is 3.75. The highest BCUT2D eigenvalue weighted by molar-refractivity contribution is 5.85. The van der Waals surface area contributed by atoms with Gasteiger partial charge in [0.05, 0.1) is 6.04 Å². The average molecular weight is 209 g/mol. The van der Waals surface area contributed by atoms with Gasteiger partial charge in [0.15, 0.2) is 0 Å². The molecule has 4 nitrogen and oxygen atoms in total. The van der Waals surface area contributed by atoms with E-state index >= 15 is 0 Å². The summed E-state index contributed by atoms with van der Waals surface area (Å²) >= 11 is 0. The standard InChI is InChI=1S/C11H19N3O/c1-4-5-8-6-10(15)9(13-14-12)7-11(8,2)3/h8-9H,4-7H2,1-3H3/t8?,9-/m0/s1. The van der Waals surface area contributed by atoms with Crippen LogP contribution in [0.1, 0.15) is 46.5 Å². The Morgan fingerprint density at radius 2 is 2.27 bits per heavy atom. The Bertz CT molecular complexity index is 292. The van der Waals surface area contributed by atoms with Crippen molar-refractivity contribution in [3.05, 3.63) is 10.4 Å². The molecular weight excluding hydrogens is 190 g/mol. The molecule has 2 atom stereocenters. The van der Waals surface area contributed by atoms with E-state index in [0.717, 1.165) is 12.8 Å². The van der Waals surface area contributed by atoms with Crippen molar-refractivity contribution < 1.29 is 4.79 Å². The maximum atomic E-state index is 11.7. The molecule has 15 heavy (non-hydrogen) atoms. The number of Topliss-reactive ketones (excluding diaryl/α,β-unsaturated/α-hetero) is 1. The van der Waals surface area contributed by atoms with Crippen LogP contribution in [0.25, 0.3) is 10.4 Å². The fourth-order valence-electron chi connectivity index (χ4n) is 2.44. The predicted octanol–water partition coefficient (Wildman–Crippen LogP) is 3.47. The van der Waals surface area contributed by atoms with Gasteiger partial charge in [-0.15, -0.1) is 0 Å².